The van der Waals surface area contributed by atoms with E-state index in [9.17, 15) is 9.59 Å². The Kier molecular flexibility index (Phi) is 5.66. The van der Waals surface area contributed by atoms with Gasteiger partial charge in [-0.15, -0.1) is 0 Å². The fourth-order valence-corrected chi connectivity index (χ4v) is 3.08. The molecule has 1 fully saturated rings. The van der Waals surface area contributed by atoms with Crippen LogP contribution < -0.4 is 5.32 Å². The van der Waals surface area contributed by atoms with Gasteiger partial charge in [-0.2, -0.15) is 0 Å². The highest BCUT2D eigenvalue weighted by atomic mass is 35.5. The number of carbonyl (C=O) groups is 2. The van der Waals surface area contributed by atoms with Crippen molar-refractivity contribution in [1.82, 2.24) is 15.2 Å². The zero-order chi connectivity index (χ0) is 17.6. The standard InChI is InChI=1S/C19H20ClN3O2/c20-17-5-3-14(4-6-17)12-22-18(24)15-7-10-23(11-8-15)19(25)16-2-1-9-21-13-16/h1-6,9,13,15H,7-8,10-12H2,(H,22,24). The Morgan fingerprint density at radius 1 is 1.16 bits per heavy atom. The number of aromatic nitrogens is 1. The summed E-state index contributed by atoms with van der Waals surface area (Å²) in [6, 6.07) is 10.9. The summed E-state index contributed by atoms with van der Waals surface area (Å²) < 4.78 is 0. The van der Waals surface area contributed by atoms with E-state index >= 15 is 0 Å². The predicted molar refractivity (Wildman–Crippen MR) is 96.2 cm³/mol. The van der Waals surface area contributed by atoms with Gasteiger partial charge in [0, 0.05) is 43.0 Å². The number of carbonyl (C=O) groups excluding carboxylic acids is 2. The van der Waals surface area contributed by atoms with E-state index in [0.717, 1.165) is 5.56 Å². The number of pyridine rings is 1. The van der Waals surface area contributed by atoms with Gasteiger partial charge in [-0.3, -0.25) is 14.6 Å². The Morgan fingerprint density at radius 2 is 1.88 bits per heavy atom. The molecule has 6 heteroatoms. The van der Waals surface area contributed by atoms with Crippen molar-refractivity contribution in [2.75, 3.05) is 13.1 Å². The Hall–Kier alpha value is -2.40. The van der Waals surface area contributed by atoms with Crippen molar-refractivity contribution in [2.45, 2.75) is 19.4 Å². The van der Waals surface area contributed by atoms with Gasteiger partial charge >= 0.3 is 0 Å². The minimum absolute atomic E-state index is 0.0203. The van der Waals surface area contributed by atoms with Gasteiger partial charge in [-0.25, -0.2) is 0 Å². The van der Waals surface area contributed by atoms with Crippen LogP contribution in [0.3, 0.4) is 0 Å². The first-order valence-electron chi connectivity index (χ1n) is 8.35. The van der Waals surface area contributed by atoms with Crippen molar-refractivity contribution in [3.63, 3.8) is 0 Å². The van der Waals surface area contributed by atoms with Gasteiger partial charge in [0.15, 0.2) is 0 Å². The monoisotopic (exact) mass is 357 g/mol. The highest BCUT2D eigenvalue weighted by Crippen LogP contribution is 2.19. The summed E-state index contributed by atoms with van der Waals surface area (Å²) in [7, 11) is 0. The third kappa shape index (κ3) is 4.57. The number of nitrogens with one attached hydrogen (secondary N) is 1. The molecule has 2 aromatic rings. The molecule has 1 saturated heterocycles. The fraction of sp³-hybridized carbons (Fsp3) is 0.316. The Bertz CT molecular complexity index is 726. The number of hydrogen-bond donors (Lipinski definition) is 1. The second kappa shape index (κ2) is 8.12. The average molecular weight is 358 g/mol. The molecule has 25 heavy (non-hydrogen) atoms. The van der Waals surface area contributed by atoms with Gasteiger partial charge in [0.05, 0.1) is 5.56 Å². The molecule has 5 nitrogen and oxygen atoms in total. The number of benzene rings is 1. The van der Waals surface area contributed by atoms with E-state index in [0.29, 0.717) is 43.1 Å². The third-order valence-electron chi connectivity index (χ3n) is 4.44. The summed E-state index contributed by atoms with van der Waals surface area (Å²) in [5.74, 6) is -0.0261. The summed E-state index contributed by atoms with van der Waals surface area (Å²) in [4.78, 5) is 30.5. The van der Waals surface area contributed by atoms with Crippen LogP contribution >= 0.6 is 11.6 Å². The molecule has 1 aromatic carbocycles. The Morgan fingerprint density at radius 3 is 2.52 bits per heavy atom. The van der Waals surface area contributed by atoms with E-state index < -0.39 is 0 Å². The second-order valence-electron chi connectivity index (χ2n) is 6.15. The number of likely N-dealkylation sites (tertiary alicyclic amines) is 1. The summed E-state index contributed by atoms with van der Waals surface area (Å²) in [5, 5.41) is 3.65. The van der Waals surface area contributed by atoms with Crippen molar-refractivity contribution in [3.8, 4) is 0 Å². The van der Waals surface area contributed by atoms with Crippen molar-refractivity contribution in [1.29, 1.82) is 0 Å². The Balaban J connectivity index is 1.47. The highest BCUT2D eigenvalue weighted by Gasteiger charge is 2.27. The van der Waals surface area contributed by atoms with Crippen LogP contribution in [-0.4, -0.2) is 34.8 Å². The van der Waals surface area contributed by atoms with E-state index in [1.165, 1.54) is 0 Å². The maximum absolute atomic E-state index is 12.4. The number of nitrogens with zero attached hydrogens (tertiary/aromatic N) is 2. The van der Waals surface area contributed by atoms with Crippen LogP contribution in [0.5, 0.6) is 0 Å². The lowest BCUT2D eigenvalue weighted by atomic mass is 9.95. The average Bonchev–Trinajstić information content (AvgIpc) is 2.67. The van der Waals surface area contributed by atoms with Crippen molar-refractivity contribution >= 4 is 23.4 Å². The van der Waals surface area contributed by atoms with Crippen molar-refractivity contribution in [3.05, 3.63) is 64.9 Å². The molecule has 1 aliphatic rings. The van der Waals surface area contributed by atoms with Gasteiger partial charge in [0.2, 0.25) is 5.91 Å². The molecule has 1 N–H and O–H groups in total. The highest BCUT2D eigenvalue weighted by molar-refractivity contribution is 6.30. The molecule has 0 radical (unpaired) electrons. The van der Waals surface area contributed by atoms with E-state index in [1.54, 1.807) is 29.4 Å². The topological polar surface area (TPSA) is 62.3 Å². The molecule has 2 amide bonds. The van der Waals surface area contributed by atoms with Crippen LogP contribution in [0.1, 0.15) is 28.8 Å². The molecule has 0 atom stereocenters. The minimum atomic E-state index is -0.0507. The molecule has 1 aromatic heterocycles. The molecule has 3 rings (SSSR count). The third-order valence-corrected chi connectivity index (χ3v) is 4.69. The van der Waals surface area contributed by atoms with E-state index in [4.69, 9.17) is 11.6 Å². The van der Waals surface area contributed by atoms with E-state index in [1.807, 2.05) is 24.3 Å². The van der Waals surface area contributed by atoms with Gasteiger partial charge in [-0.05, 0) is 42.7 Å². The quantitative estimate of drug-likeness (QED) is 0.915. The Labute approximate surface area is 152 Å². The first-order chi connectivity index (χ1) is 12.1. The van der Waals surface area contributed by atoms with Gasteiger partial charge in [-0.1, -0.05) is 23.7 Å². The summed E-state index contributed by atoms with van der Waals surface area (Å²) in [6.07, 6.45) is 4.58. The van der Waals surface area contributed by atoms with Crippen LogP contribution in [0.25, 0.3) is 0 Å². The van der Waals surface area contributed by atoms with Crippen molar-refractivity contribution < 1.29 is 9.59 Å². The normalized spacial score (nSPS) is 15.0. The lowest BCUT2D eigenvalue weighted by Gasteiger charge is -2.31. The molecule has 0 aliphatic carbocycles. The largest absolute Gasteiger partial charge is 0.352 e. The first kappa shape index (κ1) is 17.4. The van der Waals surface area contributed by atoms with Crippen LogP contribution in [0.4, 0.5) is 0 Å². The van der Waals surface area contributed by atoms with Crippen LogP contribution in [-0.2, 0) is 11.3 Å². The van der Waals surface area contributed by atoms with E-state index in [2.05, 4.69) is 10.3 Å². The zero-order valence-corrected chi connectivity index (χ0v) is 14.6. The molecule has 0 spiro atoms. The fourth-order valence-electron chi connectivity index (χ4n) is 2.95. The van der Waals surface area contributed by atoms with Crippen molar-refractivity contribution in [2.24, 2.45) is 5.92 Å². The maximum Gasteiger partial charge on any atom is 0.255 e. The smallest absolute Gasteiger partial charge is 0.255 e. The number of hydrogen-bond acceptors (Lipinski definition) is 3. The predicted octanol–water partition coefficient (Wildman–Crippen LogP) is 2.90. The minimum Gasteiger partial charge on any atom is -0.352 e. The first-order valence-corrected chi connectivity index (χ1v) is 8.73. The summed E-state index contributed by atoms with van der Waals surface area (Å²) >= 11 is 5.86. The number of piperidine rings is 1. The number of rotatable bonds is 4. The molecular formula is C19H20ClN3O2. The van der Waals surface area contributed by atoms with Gasteiger partial charge in [0.1, 0.15) is 0 Å². The number of halogens is 1. The van der Waals surface area contributed by atoms with E-state index in [-0.39, 0.29) is 17.7 Å². The van der Waals surface area contributed by atoms with Gasteiger partial charge < -0.3 is 10.2 Å². The number of amides is 2. The second-order valence-corrected chi connectivity index (χ2v) is 6.59. The zero-order valence-electron chi connectivity index (χ0n) is 13.8. The maximum atomic E-state index is 12.4. The lowest BCUT2D eigenvalue weighted by Crippen LogP contribution is -2.42. The van der Waals surface area contributed by atoms with Gasteiger partial charge in [0.25, 0.3) is 5.91 Å². The lowest BCUT2D eigenvalue weighted by molar-refractivity contribution is -0.126. The van der Waals surface area contributed by atoms with Crippen LogP contribution in [0, 0.1) is 5.92 Å². The molecule has 1 aliphatic heterocycles. The molecular weight excluding hydrogens is 338 g/mol. The molecule has 2 heterocycles. The molecule has 130 valence electrons. The summed E-state index contributed by atoms with van der Waals surface area (Å²) in [5.41, 5.74) is 1.61. The molecule has 0 unspecified atom stereocenters. The van der Waals surface area contributed by atoms with Crippen LogP contribution in [0.15, 0.2) is 48.8 Å². The molecule has 0 bridgehead atoms. The molecule has 0 saturated carbocycles. The summed E-state index contributed by atoms with van der Waals surface area (Å²) in [6.45, 7) is 1.67. The SMILES string of the molecule is O=C(NCc1ccc(Cl)cc1)C1CCN(C(=O)c2cccnc2)CC1. The van der Waals surface area contributed by atoms with Crippen LogP contribution in [0.2, 0.25) is 5.02 Å².